The van der Waals surface area contributed by atoms with Crippen molar-refractivity contribution in [3.8, 4) is 5.69 Å². The molecular weight excluding hydrogens is 337 g/mol. The van der Waals surface area contributed by atoms with Crippen LogP contribution in [0.25, 0.3) is 22.2 Å². The van der Waals surface area contributed by atoms with E-state index in [1.165, 1.54) is 12.1 Å². The number of hydrogen-bond acceptors (Lipinski definition) is 3. The molecule has 1 fully saturated rings. The van der Waals surface area contributed by atoms with Crippen molar-refractivity contribution in [2.75, 3.05) is 0 Å². The lowest BCUT2D eigenvalue weighted by Gasteiger charge is -2.40. The average Bonchev–Trinajstić information content (AvgIpc) is 3.03. The summed E-state index contributed by atoms with van der Waals surface area (Å²) in [5, 5.41) is 18.1. The molecule has 1 saturated carbocycles. The number of aliphatic carboxylic acids is 1. The van der Waals surface area contributed by atoms with Crippen molar-refractivity contribution in [1.29, 1.82) is 0 Å². The largest absolute Gasteiger partial charge is 0.481 e. The smallest absolute Gasteiger partial charge is 0.314 e. The molecule has 132 valence electrons. The third-order valence-corrected chi connectivity index (χ3v) is 5.33. The summed E-state index contributed by atoms with van der Waals surface area (Å²) in [6, 6.07) is 5.69. The van der Waals surface area contributed by atoms with Crippen molar-refractivity contribution >= 4 is 12.0 Å². The van der Waals surface area contributed by atoms with Crippen LogP contribution in [0.3, 0.4) is 0 Å². The predicted molar refractivity (Wildman–Crippen MR) is 92.1 cm³/mol. The van der Waals surface area contributed by atoms with Gasteiger partial charge in [-0.05, 0) is 67.1 Å². The van der Waals surface area contributed by atoms with Gasteiger partial charge >= 0.3 is 5.97 Å². The quantitative estimate of drug-likeness (QED) is 0.514. The third kappa shape index (κ3) is 2.46. The number of carbonyl (C=O) groups is 1. The Kier molecular flexibility index (Phi) is 3.77. The van der Waals surface area contributed by atoms with Gasteiger partial charge < -0.3 is 5.11 Å². The summed E-state index contributed by atoms with van der Waals surface area (Å²) in [6.07, 6.45) is 5.33. The van der Waals surface area contributed by atoms with Crippen molar-refractivity contribution in [2.24, 2.45) is 10.5 Å². The minimum absolute atomic E-state index is 0.291. The number of hydrogen-bond donors (Lipinski definition) is 1. The first-order chi connectivity index (χ1) is 12.5. The van der Waals surface area contributed by atoms with Gasteiger partial charge in [-0.2, -0.15) is 5.10 Å². The summed E-state index contributed by atoms with van der Waals surface area (Å²) >= 11 is 0. The van der Waals surface area contributed by atoms with Crippen LogP contribution in [0.15, 0.2) is 41.1 Å². The minimum atomic E-state index is -1.05. The molecule has 1 aromatic carbocycles. The predicted octanol–water partition coefficient (Wildman–Crippen LogP) is 3.88. The maximum Gasteiger partial charge on any atom is 0.314 e. The summed E-state index contributed by atoms with van der Waals surface area (Å²) in [5.74, 6) is -1.23. The zero-order valence-corrected chi connectivity index (χ0v) is 13.8. The molecule has 2 aliphatic carbocycles. The lowest BCUT2D eigenvalue weighted by molar-refractivity contribution is -0.148. The van der Waals surface area contributed by atoms with E-state index in [-0.39, 0.29) is 11.9 Å². The Bertz CT molecular complexity index is 958. The highest BCUT2D eigenvalue weighted by Crippen LogP contribution is 2.49. The maximum atomic E-state index is 13.2. The van der Waals surface area contributed by atoms with Crippen molar-refractivity contribution in [3.05, 3.63) is 63.6 Å². The molecule has 2 atom stereocenters. The van der Waals surface area contributed by atoms with Gasteiger partial charge in [-0.25, -0.2) is 9.07 Å². The van der Waals surface area contributed by atoms with Crippen LogP contribution < -0.4 is 0 Å². The molecule has 2 aliphatic rings. The molecule has 4 rings (SSSR count). The maximum absolute atomic E-state index is 13.2. The van der Waals surface area contributed by atoms with Crippen LogP contribution in [0.5, 0.6) is 0 Å². The van der Waals surface area contributed by atoms with Crippen LogP contribution in [0.2, 0.25) is 0 Å². The number of carboxylic acid groups (broad SMARTS) is 1. The fourth-order valence-electron chi connectivity index (χ4n) is 4.02. The van der Waals surface area contributed by atoms with Crippen LogP contribution in [0, 0.1) is 11.2 Å². The second-order valence-corrected chi connectivity index (χ2v) is 6.78. The highest BCUT2D eigenvalue weighted by molar-refractivity contribution is 5.83. The molecule has 0 radical (unpaired) electrons. The highest BCUT2D eigenvalue weighted by Gasteiger charge is 2.49. The number of carboxylic acids is 1. The summed E-state index contributed by atoms with van der Waals surface area (Å²) in [4.78, 5) is 15.0. The fraction of sp³-hybridized carbons (Fsp3) is 0.333. The van der Waals surface area contributed by atoms with Crippen LogP contribution in [-0.2, 0) is 11.2 Å². The second-order valence-electron chi connectivity index (χ2n) is 6.78. The number of halogens is 1. The Labute approximate surface area is 148 Å². The van der Waals surface area contributed by atoms with Gasteiger partial charge in [0.2, 0.25) is 0 Å². The molecule has 8 heteroatoms. The van der Waals surface area contributed by atoms with E-state index < -0.39 is 11.4 Å². The van der Waals surface area contributed by atoms with Crippen molar-refractivity contribution < 1.29 is 14.3 Å². The van der Waals surface area contributed by atoms with E-state index in [0.717, 1.165) is 22.5 Å². The molecule has 1 N–H and O–H groups in total. The number of azide groups is 1. The highest BCUT2D eigenvalue weighted by atomic mass is 19.1. The van der Waals surface area contributed by atoms with Crippen molar-refractivity contribution in [2.45, 2.75) is 31.7 Å². The van der Waals surface area contributed by atoms with E-state index >= 15 is 0 Å². The molecule has 0 saturated heterocycles. The number of nitrogens with zero attached hydrogens (tertiary/aromatic N) is 5. The molecular formula is C18H16FN5O2. The monoisotopic (exact) mass is 353 g/mol. The van der Waals surface area contributed by atoms with E-state index in [1.807, 2.05) is 6.08 Å². The Balaban J connectivity index is 1.78. The summed E-state index contributed by atoms with van der Waals surface area (Å²) in [6.45, 7) is 0. The molecule has 1 aromatic heterocycles. The van der Waals surface area contributed by atoms with Crippen molar-refractivity contribution in [1.82, 2.24) is 9.78 Å². The number of rotatable bonds is 3. The average molecular weight is 353 g/mol. The van der Waals surface area contributed by atoms with Gasteiger partial charge in [-0.1, -0.05) is 10.7 Å². The lowest BCUT2D eigenvalue weighted by atomic mass is 9.63. The molecule has 0 bridgehead atoms. The van der Waals surface area contributed by atoms with E-state index in [4.69, 9.17) is 5.53 Å². The van der Waals surface area contributed by atoms with Crippen LogP contribution in [-0.4, -0.2) is 26.9 Å². The second kappa shape index (κ2) is 6.00. The minimum Gasteiger partial charge on any atom is -0.481 e. The van der Waals surface area contributed by atoms with Gasteiger partial charge in [0.15, 0.2) is 0 Å². The van der Waals surface area contributed by atoms with Gasteiger partial charge in [0.25, 0.3) is 0 Å². The summed E-state index contributed by atoms with van der Waals surface area (Å²) in [5.41, 5.74) is 10.8. The van der Waals surface area contributed by atoms with Crippen LogP contribution in [0.1, 0.15) is 30.5 Å². The zero-order valence-electron chi connectivity index (χ0n) is 13.8. The van der Waals surface area contributed by atoms with E-state index in [2.05, 4.69) is 15.1 Å². The van der Waals surface area contributed by atoms with Gasteiger partial charge in [-0.15, -0.1) is 0 Å². The van der Waals surface area contributed by atoms with Crippen LogP contribution >= 0.6 is 0 Å². The number of benzene rings is 1. The van der Waals surface area contributed by atoms with Gasteiger partial charge in [0.05, 0.1) is 23.0 Å². The third-order valence-electron chi connectivity index (χ3n) is 5.33. The first-order valence-corrected chi connectivity index (χ1v) is 8.35. The van der Waals surface area contributed by atoms with Crippen molar-refractivity contribution in [3.63, 3.8) is 0 Å². The first kappa shape index (κ1) is 16.4. The van der Waals surface area contributed by atoms with E-state index in [1.54, 1.807) is 23.0 Å². The Morgan fingerprint density at radius 3 is 2.88 bits per heavy atom. The molecule has 26 heavy (non-hydrogen) atoms. The first-order valence-electron chi connectivity index (χ1n) is 8.35. The van der Waals surface area contributed by atoms with Crippen LogP contribution in [0.4, 0.5) is 4.39 Å². The molecule has 0 amide bonds. The SMILES string of the molecule is [N-]=[N+]=N[C@H]1CCC2=Cc3c(cnn3-c3ccc(F)cc3)C[C@]2(C(=O)O)C1. The molecule has 7 nitrogen and oxygen atoms in total. The zero-order chi connectivity index (χ0) is 18.3. The molecule has 0 unspecified atom stereocenters. The van der Waals surface area contributed by atoms with E-state index in [0.29, 0.717) is 25.7 Å². The number of aromatic nitrogens is 2. The fourth-order valence-corrected chi connectivity index (χ4v) is 4.02. The lowest BCUT2D eigenvalue weighted by Crippen LogP contribution is -2.43. The molecule has 1 heterocycles. The van der Waals surface area contributed by atoms with Gasteiger partial charge in [0, 0.05) is 11.0 Å². The summed E-state index contributed by atoms with van der Waals surface area (Å²) < 4.78 is 14.9. The topological polar surface area (TPSA) is 104 Å². The Hall–Kier alpha value is -3.12. The standard InChI is InChI=1S/C18H16FN5O2/c19-13-2-5-15(6-3-13)24-16-7-12-1-4-14(22-23-20)9-18(12,17(25)26)8-11(16)10-21-24/h2-3,5-7,10,14H,1,4,8-9H2,(H,25,26)/t14-,18-/m0/s1. The van der Waals surface area contributed by atoms with E-state index in [9.17, 15) is 14.3 Å². The Morgan fingerprint density at radius 2 is 2.19 bits per heavy atom. The van der Waals surface area contributed by atoms with Gasteiger partial charge in [-0.3, -0.25) is 4.79 Å². The molecule has 0 spiro atoms. The number of fused-ring (bicyclic) bond motifs is 2. The Morgan fingerprint density at radius 1 is 1.42 bits per heavy atom. The molecule has 0 aliphatic heterocycles. The summed E-state index contributed by atoms with van der Waals surface area (Å²) in [7, 11) is 0. The molecule has 2 aromatic rings. The normalized spacial score (nSPS) is 24.0. The van der Waals surface area contributed by atoms with Gasteiger partial charge in [0.1, 0.15) is 5.82 Å².